The largest absolute Gasteiger partial charge is 0.453 e. The van der Waals surface area contributed by atoms with Crippen molar-refractivity contribution >= 4 is 32.9 Å². The third kappa shape index (κ3) is 5.61. The van der Waals surface area contributed by atoms with E-state index < -0.39 is 16.1 Å². The Balaban J connectivity index is 1.56. The molecule has 2 aliphatic rings. The molecule has 2 saturated heterocycles. The molecule has 4 rings (SSSR count). The lowest BCUT2D eigenvalue weighted by atomic mass is 9.98. The Labute approximate surface area is 200 Å². The van der Waals surface area contributed by atoms with Crippen LogP contribution in [0.1, 0.15) is 32.1 Å². The fraction of sp³-hybridized carbons (Fsp3) is 0.500. The zero-order chi connectivity index (χ0) is 24.1. The minimum atomic E-state index is -4.00. The van der Waals surface area contributed by atoms with E-state index >= 15 is 0 Å². The van der Waals surface area contributed by atoms with Crippen molar-refractivity contribution in [2.75, 3.05) is 39.8 Å². The number of benzene rings is 2. The number of carbonyl (C=O) groups is 2. The van der Waals surface area contributed by atoms with Crippen molar-refractivity contribution in [3.8, 4) is 0 Å². The van der Waals surface area contributed by atoms with E-state index in [2.05, 4.69) is 4.83 Å². The van der Waals surface area contributed by atoms with Gasteiger partial charge in [-0.05, 0) is 60.9 Å². The van der Waals surface area contributed by atoms with Crippen LogP contribution < -0.4 is 4.83 Å². The van der Waals surface area contributed by atoms with Crippen LogP contribution in [0.5, 0.6) is 0 Å². The maximum Gasteiger partial charge on any atom is 0.409 e. The van der Waals surface area contributed by atoms with Crippen LogP contribution in [0.2, 0.25) is 0 Å². The van der Waals surface area contributed by atoms with E-state index in [1.54, 1.807) is 28.0 Å². The Bertz CT molecular complexity index is 1130. The van der Waals surface area contributed by atoms with Crippen LogP contribution >= 0.6 is 0 Å². The maximum atomic E-state index is 13.4. The van der Waals surface area contributed by atoms with E-state index in [1.165, 1.54) is 12.1 Å². The van der Waals surface area contributed by atoms with Gasteiger partial charge in [0.1, 0.15) is 0 Å². The van der Waals surface area contributed by atoms with Gasteiger partial charge in [-0.15, -0.1) is 4.83 Å². The van der Waals surface area contributed by atoms with Crippen molar-refractivity contribution in [1.82, 2.24) is 19.6 Å². The molecule has 2 heterocycles. The molecule has 0 saturated carbocycles. The first-order valence-electron chi connectivity index (χ1n) is 11.8. The molecule has 2 aliphatic heterocycles. The Morgan fingerprint density at radius 2 is 1.71 bits per heavy atom. The number of hydrazine groups is 1. The second kappa shape index (κ2) is 10.6. The van der Waals surface area contributed by atoms with Crippen molar-refractivity contribution in [3.05, 3.63) is 42.5 Å². The number of nitrogens with one attached hydrogen (secondary N) is 1. The molecule has 1 N–H and O–H groups in total. The fourth-order valence-electron chi connectivity index (χ4n) is 4.71. The second-order valence-corrected chi connectivity index (χ2v) is 10.6. The first-order valence-corrected chi connectivity index (χ1v) is 13.3. The number of likely N-dealkylation sites (tertiary alicyclic amines) is 2. The maximum absolute atomic E-state index is 13.4. The molecule has 0 aliphatic carbocycles. The minimum Gasteiger partial charge on any atom is -0.453 e. The lowest BCUT2D eigenvalue weighted by Gasteiger charge is -2.37. The smallest absolute Gasteiger partial charge is 0.409 e. The molecule has 0 aromatic heterocycles. The summed E-state index contributed by atoms with van der Waals surface area (Å²) in [7, 11) is -2.65. The number of sulfonamides is 1. The number of methoxy groups -OCH3 is 1. The monoisotopic (exact) mass is 488 g/mol. The third-order valence-electron chi connectivity index (χ3n) is 6.51. The van der Waals surface area contributed by atoms with Gasteiger partial charge in [0.15, 0.2) is 0 Å². The van der Waals surface area contributed by atoms with E-state index in [0.29, 0.717) is 26.2 Å². The molecular formula is C24H32N4O5S. The molecule has 34 heavy (non-hydrogen) atoms. The molecule has 0 spiro atoms. The molecule has 0 bridgehead atoms. The van der Waals surface area contributed by atoms with Crippen LogP contribution in [0.25, 0.3) is 10.8 Å². The molecular weight excluding hydrogens is 456 g/mol. The molecule has 10 heteroatoms. The molecule has 9 nitrogen and oxygen atoms in total. The van der Waals surface area contributed by atoms with Crippen molar-refractivity contribution in [3.63, 3.8) is 0 Å². The molecule has 3 amide bonds. The number of ether oxygens (including phenoxy) is 1. The summed E-state index contributed by atoms with van der Waals surface area (Å²) in [6.07, 6.45) is 4.00. The topological polar surface area (TPSA) is 99.3 Å². The Morgan fingerprint density at radius 3 is 2.44 bits per heavy atom. The zero-order valence-electron chi connectivity index (χ0n) is 19.5. The third-order valence-corrected chi connectivity index (χ3v) is 7.85. The van der Waals surface area contributed by atoms with Crippen molar-refractivity contribution < 1.29 is 22.7 Å². The first kappa shape index (κ1) is 24.3. The molecule has 1 atom stereocenters. The van der Waals surface area contributed by atoms with Crippen LogP contribution in [-0.4, -0.2) is 75.2 Å². The van der Waals surface area contributed by atoms with Gasteiger partial charge in [0.2, 0.25) is 0 Å². The van der Waals surface area contributed by atoms with Gasteiger partial charge in [-0.3, -0.25) is 0 Å². The van der Waals surface area contributed by atoms with Crippen LogP contribution in [0, 0.1) is 5.92 Å². The van der Waals surface area contributed by atoms with Gasteiger partial charge in [0.25, 0.3) is 10.0 Å². The summed E-state index contributed by atoms with van der Waals surface area (Å²) < 4.78 is 31.5. The van der Waals surface area contributed by atoms with Crippen LogP contribution in [-0.2, 0) is 14.8 Å². The second-order valence-electron chi connectivity index (χ2n) is 8.97. The summed E-state index contributed by atoms with van der Waals surface area (Å²) in [5.74, 6) is -0.0686. The highest BCUT2D eigenvalue weighted by molar-refractivity contribution is 7.89. The average molecular weight is 489 g/mol. The molecule has 2 fully saturated rings. The number of amides is 3. The number of nitrogens with zero attached hydrogens (tertiary/aromatic N) is 3. The van der Waals surface area contributed by atoms with E-state index in [-0.39, 0.29) is 23.4 Å². The number of carbonyl (C=O) groups excluding carboxylic acids is 2. The molecule has 184 valence electrons. The Hall–Kier alpha value is -2.85. The van der Waals surface area contributed by atoms with Crippen LogP contribution in [0.15, 0.2) is 47.4 Å². The van der Waals surface area contributed by atoms with Crippen molar-refractivity contribution in [2.24, 2.45) is 5.92 Å². The predicted molar refractivity (Wildman–Crippen MR) is 128 cm³/mol. The molecule has 0 radical (unpaired) electrons. The highest BCUT2D eigenvalue weighted by Gasteiger charge is 2.32. The van der Waals surface area contributed by atoms with Crippen LogP contribution in [0.4, 0.5) is 9.59 Å². The summed E-state index contributed by atoms with van der Waals surface area (Å²) in [5.41, 5.74) is 0. The summed E-state index contributed by atoms with van der Waals surface area (Å²) in [5, 5.41) is 2.97. The van der Waals surface area contributed by atoms with E-state index in [1.807, 2.05) is 24.3 Å². The highest BCUT2D eigenvalue weighted by Crippen LogP contribution is 2.22. The summed E-state index contributed by atoms with van der Waals surface area (Å²) in [4.78, 5) is 31.4. The Kier molecular flexibility index (Phi) is 7.57. The van der Waals surface area contributed by atoms with E-state index in [4.69, 9.17) is 4.74 Å². The molecule has 1 unspecified atom stereocenters. The van der Waals surface area contributed by atoms with Gasteiger partial charge in [-0.2, -0.15) is 0 Å². The van der Waals surface area contributed by atoms with Crippen molar-refractivity contribution in [1.29, 1.82) is 0 Å². The van der Waals surface area contributed by atoms with Crippen LogP contribution in [0.3, 0.4) is 0 Å². The van der Waals surface area contributed by atoms with E-state index in [9.17, 15) is 18.0 Å². The highest BCUT2D eigenvalue weighted by atomic mass is 32.2. The number of fused-ring (bicyclic) bond motifs is 1. The predicted octanol–water partition coefficient (Wildman–Crippen LogP) is 3.42. The number of rotatable bonds is 5. The molecule has 2 aromatic carbocycles. The Morgan fingerprint density at radius 1 is 1.00 bits per heavy atom. The standard InChI is InChI=1S/C24H32N4O5S/c1-33-24(30)27-15-7-8-19(17-27)18-28(23(29)26-13-5-2-6-14-26)25-34(31,32)22-12-11-20-9-3-4-10-21(20)16-22/h3-4,9-12,16,19,25H,2,5-8,13-15,17-18H2,1H3. The van der Waals surface area contributed by atoms with Gasteiger partial charge in [-0.1, -0.05) is 30.3 Å². The van der Waals surface area contributed by atoms with Gasteiger partial charge >= 0.3 is 12.1 Å². The lowest BCUT2D eigenvalue weighted by Crippen LogP contribution is -2.56. The number of urea groups is 1. The normalized spacial score (nSPS) is 19.1. The SMILES string of the molecule is COC(=O)N1CCCC(CN(NS(=O)(=O)c2ccc3ccccc3c2)C(=O)N2CCCCC2)C1. The number of hydrogen-bond acceptors (Lipinski definition) is 5. The van der Waals surface area contributed by atoms with Gasteiger partial charge in [-0.25, -0.2) is 23.0 Å². The summed E-state index contributed by atoms with van der Waals surface area (Å²) in [6.45, 7) is 2.38. The number of hydrogen-bond donors (Lipinski definition) is 1. The van der Waals surface area contributed by atoms with Gasteiger partial charge in [0.05, 0.1) is 12.0 Å². The van der Waals surface area contributed by atoms with E-state index in [0.717, 1.165) is 42.9 Å². The quantitative estimate of drug-likeness (QED) is 0.650. The zero-order valence-corrected chi connectivity index (χ0v) is 20.3. The average Bonchev–Trinajstić information content (AvgIpc) is 2.87. The number of piperidine rings is 2. The lowest BCUT2D eigenvalue weighted by molar-refractivity contribution is 0.0859. The fourth-order valence-corrected chi connectivity index (χ4v) is 5.79. The van der Waals surface area contributed by atoms with Crippen molar-refractivity contribution in [2.45, 2.75) is 37.0 Å². The van der Waals surface area contributed by atoms with Gasteiger partial charge in [0, 0.05) is 32.7 Å². The van der Waals surface area contributed by atoms with Gasteiger partial charge < -0.3 is 14.5 Å². The minimum absolute atomic E-state index is 0.0686. The first-order chi connectivity index (χ1) is 16.4. The molecule has 2 aromatic rings. The summed E-state index contributed by atoms with van der Waals surface area (Å²) in [6, 6.07) is 12.1. The summed E-state index contributed by atoms with van der Waals surface area (Å²) >= 11 is 0.